The Morgan fingerprint density at radius 1 is 0.962 bits per heavy atom. The SMILES string of the molecule is CC(C)N1CCC(N2CCC(N3Cc4ccccc4NC3=O)CC2)CC1. The Balaban J connectivity index is 1.31. The van der Waals surface area contributed by atoms with Gasteiger partial charge in [-0.1, -0.05) is 18.2 Å². The van der Waals surface area contributed by atoms with Gasteiger partial charge in [0.05, 0.1) is 0 Å². The highest BCUT2D eigenvalue weighted by Crippen LogP contribution is 2.29. The number of anilines is 1. The third-order valence-corrected chi connectivity index (χ3v) is 6.55. The zero-order valence-corrected chi connectivity index (χ0v) is 16.2. The van der Waals surface area contributed by atoms with E-state index >= 15 is 0 Å². The number of nitrogens with zero attached hydrogens (tertiary/aromatic N) is 3. The molecule has 1 aromatic carbocycles. The Labute approximate surface area is 157 Å². The van der Waals surface area contributed by atoms with Crippen molar-refractivity contribution in [1.82, 2.24) is 14.7 Å². The fourth-order valence-electron chi connectivity index (χ4n) is 4.85. The van der Waals surface area contributed by atoms with Gasteiger partial charge in [0.1, 0.15) is 0 Å². The molecule has 2 saturated heterocycles. The van der Waals surface area contributed by atoms with Crippen LogP contribution < -0.4 is 5.32 Å². The number of fused-ring (bicyclic) bond motifs is 1. The summed E-state index contributed by atoms with van der Waals surface area (Å²) in [5.41, 5.74) is 2.21. The number of hydrogen-bond donors (Lipinski definition) is 1. The zero-order valence-electron chi connectivity index (χ0n) is 16.2. The van der Waals surface area contributed by atoms with Crippen molar-refractivity contribution < 1.29 is 4.79 Å². The summed E-state index contributed by atoms with van der Waals surface area (Å²) in [7, 11) is 0. The molecular weight excluding hydrogens is 324 g/mol. The highest BCUT2D eigenvalue weighted by atomic mass is 16.2. The molecule has 26 heavy (non-hydrogen) atoms. The van der Waals surface area contributed by atoms with Gasteiger partial charge in [-0.15, -0.1) is 0 Å². The maximum absolute atomic E-state index is 12.5. The Morgan fingerprint density at radius 2 is 1.62 bits per heavy atom. The van der Waals surface area contributed by atoms with Crippen LogP contribution in [-0.4, -0.2) is 65.0 Å². The van der Waals surface area contributed by atoms with Crippen LogP contribution in [0.1, 0.15) is 45.1 Å². The van der Waals surface area contributed by atoms with Crippen LogP contribution in [0.4, 0.5) is 10.5 Å². The standard InChI is InChI=1S/C21H32N4O/c1-16(2)23-11-7-18(8-12-23)24-13-9-19(10-14-24)25-15-17-5-3-4-6-20(17)22-21(25)26/h3-6,16,18-19H,7-15H2,1-2H3,(H,22,26). The van der Waals surface area contributed by atoms with Gasteiger partial charge in [-0.3, -0.25) is 0 Å². The van der Waals surface area contributed by atoms with Crippen LogP contribution in [-0.2, 0) is 6.54 Å². The van der Waals surface area contributed by atoms with Crippen molar-refractivity contribution in [3.8, 4) is 0 Å². The minimum Gasteiger partial charge on any atom is -0.317 e. The largest absolute Gasteiger partial charge is 0.322 e. The van der Waals surface area contributed by atoms with E-state index in [9.17, 15) is 4.79 Å². The van der Waals surface area contributed by atoms with Crippen molar-refractivity contribution in [2.45, 2.75) is 64.2 Å². The Kier molecular flexibility index (Phi) is 5.18. The Bertz CT molecular complexity index is 631. The molecule has 2 fully saturated rings. The summed E-state index contributed by atoms with van der Waals surface area (Å²) in [6.45, 7) is 10.1. The fourth-order valence-corrected chi connectivity index (χ4v) is 4.85. The molecule has 4 rings (SSSR count). The van der Waals surface area contributed by atoms with E-state index in [4.69, 9.17) is 0 Å². The molecule has 142 valence electrons. The summed E-state index contributed by atoms with van der Waals surface area (Å²) >= 11 is 0. The van der Waals surface area contributed by atoms with Crippen LogP contribution in [0.3, 0.4) is 0 Å². The van der Waals surface area contributed by atoms with E-state index in [0.717, 1.165) is 44.2 Å². The highest BCUT2D eigenvalue weighted by Gasteiger charge is 2.34. The monoisotopic (exact) mass is 356 g/mol. The van der Waals surface area contributed by atoms with Crippen LogP contribution in [0.15, 0.2) is 24.3 Å². The lowest BCUT2D eigenvalue weighted by atomic mass is 9.96. The van der Waals surface area contributed by atoms with Gasteiger partial charge in [-0.05, 0) is 64.3 Å². The molecular formula is C21H32N4O. The number of carbonyl (C=O) groups is 1. The van der Waals surface area contributed by atoms with Gasteiger partial charge in [0.2, 0.25) is 0 Å². The molecule has 3 heterocycles. The first-order valence-electron chi connectivity index (χ1n) is 10.3. The molecule has 2 amide bonds. The molecule has 0 saturated carbocycles. The maximum atomic E-state index is 12.5. The normalized spacial score (nSPS) is 24.0. The summed E-state index contributed by atoms with van der Waals surface area (Å²) in [5, 5.41) is 3.07. The lowest BCUT2D eigenvalue weighted by molar-refractivity contribution is 0.0556. The Morgan fingerprint density at radius 3 is 2.31 bits per heavy atom. The first kappa shape index (κ1) is 17.8. The molecule has 0 bridgehead atoms. The van der Waals surface area contributed by atoms with Crippen LogP contribution in [0, 0.1) is 0 Å². The lowest BCUT2D eigenvalue weighted by Gasteiger charge is -2.45. The first-order valence-corrected chi connectivity index (χ1v) is 10.3. The number of benzene rings is 1. The number of likely N-dealkylation sites (tertiary alicyclic amines) is 2. The van der Waals surface area contributed by atoms with Gasteiger partial charge in [-0.2, -0.15) is 0 Å². The second-order valence-electron chi connectivity index (χ2n) is 8.34. The molecule has 0 spiro atoms. The van der Waals surface area contributed by atoms with E-state index in [0.29, 0.717) is 12.1 Å². The summed E-state index contributed by atoms with van der Waals surface area (Å²) < 4.78 is 0. The van der Waals surface area contributed by atoms with Gasteiger partial charge in [-0.25, -0.2) is 4.79 Å². The maximum Gasteiger partial charge on any atom is 0.322 e. The van der Waals surface area contributed by atoms with E-state index < -0.39 is 0 Å². The number of amides is 2. The van der Waals surface area contributed by atoms with Gasteiger partial charge < -0.3 is 20.0 Å². The smallest absolute Gasteiger partial charge is 0.317 e. The first-order chi connectivity index (χ1) is 12.6. The molecule has 1 N–H and O–H groups in total. The van der Waals surface area contributed by atoms with Crippen LogP contribution >= 0.6 is 0 Å². The Hall–Kier alpha value is -1.59. The highest BCUT2D eigenvalue weighted by molar-refractivity contribution is 5.92. The van der Waals surface area contributed by atoms with Gasteiger partial charge in [0, 0.05) is 43.4 Å². The summed E-state index contributed by atoms with van der Waals surface area (Å²) in [6.07, 6.45) is 4.78. The van der Waals surface area contributed by atoms with Crippen molar-refractivity contribution >= 4 is 11.7 Å². The number of piperidine rings is 2. The van der Waals surface area contributed by atoms with Gasteiger partial charge >= 0.3 is 6.03 Å². The number of carbonyl (C=O) groups excluding carboxylic acids is 1. The van der Waals surface area contributed by atoms with Gasteiger partial charge in [0.25, 0.3) is 0 Å². The molecule has 0 unspecified atom stereocenters. The average molecular weight is 357 g/mol. The summed E-state index contributed by atoms with van der Waals surface area (Å²) in [6, 6.07) is 10.0. The number of para-hydroxylation sites is 1. The second-order valence-corrected chi connectivity index (χ2v) is 8.34. The summed E-state index contributed by atoms with van der Waals surface area (Å²) in [4.78, 5) is 19.9. The molecule has 0 radical (unpaired) electrons. The van der Waals surface area contributed by atoms with Crippen LogP contribution in [0.5, 0.6) is 0 Å². The van der Waals surface area contributed by atoms with Crippen molar-refractivity contribution in [3.63, 3.8) is 0 Å². The fraction of sp³-hybridized carbons (Fsp3) is 0.667. The molecule has 5 heteroatoms. The predicted molar refractivity (Wildman–Crippen MR) is 105 cm³/mol. The quantitative estimate of drug-likeness (QED) is 0.902. The van der Waals surface area contributed by atoms with Gasteiger partial charge in [0.15, 0.2) is 0 Å². The zero-order chi connectivity index (χ0) is 18.1. The van der Waals surface area contributed by atoms with Crippen molar-refractivity contribution in [1.29, 1.82) is 0 Å². The molecule has 0 atom stereocenters. The topological polar surface area (TPSA) is 38.8 Å². The third kappa shape index (κ3) is 3.60. The third-order valence-electron chi connectivity index (χ3n) is 6.55. The average Bonchev–Trinajstić information content (AvgIpc) is 2.68. The molecule has 0 aliphatic carbocycles. The molecule has 0 aromatic heterocycles. The molecule has 3 aliphatic rings. The van der Waals surface area contributed by atoms with Crippen molar-refractivity contribution in [2.24, 2.45) is 0 Å². The number of nitrogens with one attached hydrogen (secondary N) is 1. The lowest BCUT2D eigenvalue weighted by Crippen LogP contribution is -2.53. The minimum atomic E-state index is 0.0763. The van der Waals surface area contributed by atoms with Crippen LogP contribution in [0.2, 0.25) is 0 Å². The van der Waals surface area contributed by atoms with E-state index in [1.807, 2.05) is 12.1 Å². The van der Waals surface area contributed by atoms with Crippen molar-refractivity contribution in [3.05, 3.63) is 29.8 Å². The van der Waals surface area contributed by atoms with Crippen molar-refractivity contribution in [2.75, 3.05) is 31.5 Å². The number of hydrogen-bond acceptors (Lipinski definition) is 3. The predicted octanol–water partition coefficient (Wildman–Crippen LogP) is 3.37. The van der Waals surface area contributed by atoms with E-state index in [1.54, 1.807) is 0 Å². The van der Waals surface area contributed by atoms with Crippen LogP contribution in [0.25, 0.3) is 0 Å². The van der Waals surface area contributed by atoms with E-state index in [1.165, 1.54) is 31.5 Å². The number of rotatable bonds is 3. The summed E-state index contributed by atoms with van der Waals surface area (Å²) in [5.74, 6) is 0. The number of urea groups is 1. The molecule has 1 aromatic rings. The molecule has 3 aliphatic heterocycles. The van der Waals surface area contributed by atoms with E-state index in [-0.39, 0.29) is 6.03 Å². The minimum absolute atomic E-state index is 0.0763. The van der Waals surface area contributed by atoms with E-state index in [2.05, 4.69) is 46.0 Å². The molecule has 5 nitrogen and oxygen atoms in total. The second kappa shape index (κ2) is 7.57.